The lowest BCUT2D eigenvalue weighted by atomic mass is 10.2. The van der Waals surface area contributed by atoms with Gasteiger partial charge in [0.25, 0.3) is 0 Å². The van der Waals surface area contributed by atoms with E-state index in [-0.39, 0.29) is 0 Å². The normalized spacial score (nSPS) is 9.94. The number of rotatable bonds is 4. The van der Waals surface area contributed by atoms with Crippen molar-refractivity contribution < 1.29 is 9.53 Å². The topological polar surface area (TPSA) is 26.3 Å². The number of benzene rings is 2. The van der Waals surface area contributed by atoms with Gasteiger partial charge in [0.15, 0.2) is 0 Å². The van der Waals surface area contributed by atoms with Crippen LogP contribution in [0, 0.1) is 0 Å². The Morgan fingerprint density at radius 2 is 1.82 bits per heavy atom. The first-order valence-electron chi connectivity index (χ1n) is 5.19. The van der Waals surface area contributed by atoms with Crippen LogP contribution in [0.5, 0.6) is 5.75 Å². The Hall–Kier alpha value is -1.74. The van der Waals surface area contributed by atoms with Gasteiger partial charge in [-0.25, -0.2) is 0 Å². The smallest absolute Gasteiger partial charge is 0.150 e. The summed E-state index contributed by atoms with van der Waals surface area (Å²) in [6.07, 6.45) is 0.847. The lowest BCUT2D eigenvalue weighted by Gasteiger charge is -2.04. The number of hydrogen-bond acceptors (Lipinski definition) is 3. The molecule has 2 aromatic rings. The molecule has 0 aliphatic rings. The van der Waals surface area contributed by atoms with Gasteiger partial charge in [-0.1, -0.05) is 30.0 Å². The predicted molar refractivity (Wildman–Crippen MR) is 68.9 cm³/mol. The van der Waals surface area contributed by atoms with E-state index in [4.69, 9.17) is 4.74 Å². The molecule has 0 spiro atoms. The summed E-state index contributed by atoms with van der Waals surface area (Å²) in [6.45, 7) is 0. The fourth-order valence-electron chi connectivity index (χ4n) is 1.42. The third-order valence-corrected chi connectivity index (χ3v) is 3.29. The maximum atomic E-state index is 10.5. The quantitative estimate of drug-likeness (QED) is 0.768. The summed E-state index contributed by atoms with van der Waals surface area (Å²) in [6, 6.07) is 15.4. The Labute approximate surface area is 105 Å². The van der Waals surface area contributed by atoms with Crippen molar-refractivity contribution in [1.29, 1.82) is 0 Å². The highest BCUT2D eigenvalue weighted by Crippen LogP contribution is 2.29. The Balaban J connectivity index is 2.15. The Bertz CT molecular complexity index is 506. The predicted octanol–water partition coefficient (Wildman–Crippen LogP) is 3.66. The summed E-state index contributed by atoms with van der Waals surface area (Å²) in [7, 11) is 1.66. The standard InChI is InChI=1S/C14H12O2S/c1-16-12-3-2-4-14(9-12)17-13-7-5-11(10-15)6-8-13/h2-10H,1H3. The minimum atomic E-state index is 0.694. The molecule has 0 bridgehead atoms. The van der Waals surface area contributed by atoms with Gasteiger partial charge in [0, 0.05) is 15.4 Å². The van der Waals surface area contributed by atoms with Gasteiger partial charge in [0.2, 0.25) is 0 Å². The molecule has 2 aromatic carbocycles. The van der Waals surface area contributed by atoms with Crippen LogP contribution in [0.2, 0.25) is 0 Å². The van der Waals surface area contributed by atoms with Crippen LogP contribution in [-0.2, 0) is 0 Å². The fraction of sp³-hybridized carbons (Fsp3) is 0.0714. The van der Waals surface area contributed by atoms with Crippen LogP contribution < -0.4 is 4.74 Å². The van der Waals surface area contributed by atoms with Crippen LogP contribution in [0.15, 0.2) is 58.3 Å². The summed E-state index contributed by atoms with van der Waals surface area (Å²) >= 11 is 1.64. The average Bonchev–Trinajstić information content (AvgIpc) is 2.40. The van der Waals surface area contributed by atoms with E-state index in [1.54, 1.807) is 18.9 Å². The number of hydrogen-bond donors (Lipinski definition) is 0. The van der Waals surface area contributed by atoms with Gasteiger partial charge in [-0.05, 0) is 30.3 Å². The van der Waals surface area contributed by atoms with Gasteiger partial charge in [-0.3, -0.25) is 4.79 Å². The maximum Gasteiger partial charge on any atom is 0.150 e. The van der Waals surface area contributed by atoms with Crippen molar-refractivity contribution in [3.05, 3.63) is 54.1 Å². The first kappa shape index (κ1) is 11.7. The first-order chi connectivity index (χ1) is 8.31. The average molecular weight is 244 g/mol. The highest BCUT2D eigenvalue weighted by Gasteiger charge is 1.99. The van der Waals surface area contributed by atoms with Crippen molar-refractivity contribution in [1.82, 2.24) is 0 Å². The molecular weight excluding hydrogens is 232 g/mol. The molecule has 17 heavy (non-hydrogen) atoms. The molecule has 0 amide bonds. The minimum Gasteiger partial charge on any atom is -0.497 e. The van der Waals surface area contributed by atoms with Crippen LogP contribution >= 0.6 is 11.8 Å². The second-order valence-electron chi connectivity index (χ2n) is 3.47. The fourth-order valence-corrected chi connectivity index (χ4v) is 2.28. The summed E-state index contributed by atoms with van der Waals surface area (Å²) in [5, 5.41) is 0. The van der Waals surface area contributed by atoms with E-state index in [1.165, 1.54) is 0 Å². The third kappa shape index (κ3) is 3.11. The van der Waals surface area contributed by atoms with Crippen LogP contribution in [0.1, 0.15) is 10.4 Å². The molecule has 0 heterocycles. The molecule has 86 valence electrons. The molecule has 0 radical (unpaired) electrons. The first-order valence-corrected chi connectivity index (χ1v) is 6.00. The summed E-state index contributed by atoms with van der Waals surface area (Å²) in [4.78, 5) is 12.8. The van der Waals surface area contributed by atoms with E-state index < -0.39 is 0 Å². The second-order valence-corrected chi connectivity index (χ2v) is 4.61. The molecule has 0 aliphatic carbocycles. The van der Waals surface area contributed by atoms with Crippen molar-refractivity contribution in [2.24, 2.45) is 0 Å². The summed E-state index contributed by atoms with van der Waals surface area (Å²) in [5.41, 5.74) is 0.694. The molecule has 0 unspecified atom stereocenters. The van der Waals surface area contributed by atoms with Crippen LogP contribution in [0.4, 0.5) is 0 Å². The second kappa shape index (κ2) is 5.55. The maximum absolute atomic E-state index is 10.5. The molecule has 0 atom stereocenters. The Morgan fingerprint density at radius 1 is 1.06 bits per heavy atom. The number of carbonyl (C=O) groups excluding carboxylic acids is 1. The van der Waals surface area contributed by atoms with E-state index in [9.17, 15) is 4.79 Å². The van der Waals surface area contributed by atoms with Crippen LogP contribution in [0.3, 0.4) is 0 Å². The SMILES string of the molecule is COc1cccc(Sc2ccc(C=O)cc2)c1. The van der Waals surface area contributed by atoms with E-state index in [0.29, 0.717) is 5.56 Å². The zero-order valence-corrected chi connectivity index (χ0v) is 10.2. The van der Waals surface area contributed by atoms with Gasteiger partial charge in [-0.15, -0.1) is 0 Å². The van der Waals surface area contributed by atoms with E-state index in [0.717, 1.165) is 21.8 Å². The Morgan fingerprint density at radius 3 is 2.47 bits per heavy atom. The van der Waals surface area contributed by atoms with Gasteiger partial charge < -0.3 is 4.74 Å². The molecule has 3 heteroatoms. The van der Waals surface area contributed by atoms with E-state index in [1.807, 2.05) is 48.5 Å². The monoisotopic (exact) mass is 244 g/mol. The Kier molecular flexibility index (Phi) is 3.83. The van der Waals surface area contributed by atoms with Crippen molar-refractivity contribution in [3.63, 3.8) is 0 Å². The zero-order valence-electron chi connectivity index (χ0n) is 9.42. The summed E-state index contributed by atoms with van der Waals surface area (Å²) in [5.74, 6) is 0.847. The van der Waals surface area contributed by atoms with Gasteiger partial charge in [0.1, 0.15) is 12.0 Å². The molecular formula is C14H12O2S. The van der Waals surface area contributed by atoms with Crippen molar-refractivity contribution in [3.8, 4) is 5.75 Å². The van der Waals surface area contributed by atoms with Crippen molar-refractivity contribution >= 4 is 18.0 Å². The lowest BCUT2D eigenvalue weighted by molar-refractivity contribution is 0.112. The summed E-state index contributed by atoms with van der Waals surface area (Å²) < 4.78 is 5.17. The number of carbonyl (C=O) groups is 1. The minimum absolute atomic E-state index is 0.694. The molecule has 0 saturated heterocycles. The molecule has 0 N–H and O–H groups in total. The van der Waals surface area contributed by atoms with Gasteiger partial charge in [0.05, 0.1) is 7.11 Å². The zero-order chi connectivity index (χ0) is 12.1. The van der Waals surface area contributed by atoms with Crippen molar-refractivity contribution in [2.45, 2.75) is 9.79 Å². The molecule has 2 rings (SSSR count). The highest BCUT2D eigenvalue weighted by molar-refractivity contribution is 7.99. The number of aldehydes is 1. The largest absolute Gasteiger partial charge is 0.497 e. The van der Waals surface area contributed by atoms with E-state index in [2.05, 4.69) is 0 Å². The van der Waals surface area contributed by atoms with Gasteiger partial charge >= 0.3 is 0 Å². The number of ether oxygens (including phenoxy) is 1. The molecule has 0 aliphatic heterocycles. The van der Waals surface area contributed by atoms with E-state index >= 15 is 0 Å². The molecule has 0 aromatic heterocycles. The molecule has 2 nitrogen and oxygen atoms in total. The molecule has 0 saturated carbocycles. The lowest BCUT2D eigenvalue weighted by Crippen LogP contribution is -1.82. The van der Waals surface area contributed by atoms with Crippen molar-refractivity contribution in [2.75, 3.05) is 7.11 Å². The third-order valence-electron chi connectivity index (χ3n) is 2.29. The molecule has 0 fully saturated rings. The van der Waals surface area contributed by atoms with Crippen LogP contribution in [0.25, 0.3) is 0 Å². The van der Waals surface area contributed by atoms with Crippen LogP contribution in [-0.4, -0.2) is 13.4 Å². The van der Waals surface area contributed by atoms with Gasteiger partial charge in [-0.2, -0.15) is 0 Å². The highest BCUT2D eigenvalue weighted by atomic mass is 32.2. The number of methoxy groups -OCH3 is 1.